The molecule has 0 heterocycles. The maximum absolute atomic E-state index is 10.7. The minimum atomic E-state index is -3.30. The molecular weight excluding hydrogens is 200 g/mol. The van der Waals surface area contributed by atoms with Crippen LogP contribution >= 0.6 is 0 Å². The van der Waals surface area contributed by atoms with Gasteiger partial charge in [-0.15, -0.1) is 0 Å². The number of hydrogen-bond acceptors (Lipinski definition) is 2. The van der Waals surface area contributed by atoms with Crippen LogP contribution in [0, 0.1) is 0 Å². The molecule has 0 saturated heterocycles. The number of hydrogen-bond donors (Lipinski definition) is 0. The summed E-state index contributed by atoms with van der Waals surface area (Å²) >= 11 is 0. The molecule has 0 unspecified atom stereocenters. The SMILES string of the molecule is CN(/C=N/S(C)(=O)=O)c1ccccc1. The van der Waals surface area contributed by atoms with Gasteiger partial charge in [-0.2, -0.15) is 4.40 Å². The Bertz CT molecular complexity index is 412. The second-order valence-electron chi connectivity index (χ2n) is 2.90. The Morgan fingerprint density at radius 2 is 1.86 bits per heavy atom. The van der Waals surface area contributed by atoms with Gasteiger partial charge < -0.3 is 4.90 Å². The maximum Gasteiger partial charge on any atom is 0.251 e. The molecule has 1 rings (SSSR count). The molecule has 0 atom stereocenters. The molecule has 0 amide bonds. The summed E-state index contributed by atoms with van der Waals surface area (Å²) < 4.78 is 24.9. The lowest BCUT2D eigenvalue weighted by atomic mass is 10.3. The average molecular weight is 212 g/mol. The lowest BCUT2D eigenvalue weighted by Crippen LogP contribution is -2.14. The van der Waals surface area contributed by atoms with Crippen molar-refractivity contribution in [1.82, 2.24) is 0 Å². The van der Waals surface area contributed by atoms with Gasteiger partial charge in [0.1, 0.15) is 6.34 Å². The van der Waals surface area contributed by atoms with Crippen molar-refractivity contribution in [3.05, 3.63) is 30.3 Å². The fourth-order valence-electron chi connectivity index (χ4n) is 0.886. The summed E-state index contributed by atoms with van der Waals surface area (Å²) in [6.07, 6.45) is 2.34. The van der Waals surface area contributed by atoms with E-state index >= 15 is 0 Å². The molecule has 5 heteroatoms. The van der Waals surface area contributed by atoms with Crippen molar-refractivity contribution < 1.29 is 8.42 Å². The van der Waals surface area contributed by atoms with Crippen molar-refractivity contribution in [2.45, 2.75) is 0 Å². The van der Waals surface area contributed by atoms with Crippen molar-refractivity contribution in [3.63, 3.8) is 0 Å². The van der Waals surface area contributed by atoms with Gasteiger partial charge in [-0.05, 0) is 12.1 Å². The fraction of sp³-hybridized carbons (Fsp3) is 0.222. The van der Waals surface area contributed by atoms with Gasteiger partial charge in [0.05, 0.1) is 6.26 Å². The Labute approximate surface area is 83.9 Å². The molecule has 0 aliphatic carbocycles. The molecule has 0 radical (unpaired) electrons. The molecule has 0 spiro atoms. The van der Waals surface area contributed by atoms with E-state index in [0.29, 0.717) is 0 Å². The summed E-state index contributed by atoms with van der Waals surface area (Å²) in [5.74, 6) is 0. The average Bonchev–Trinajstić information content (AvgIpc) is 2.14. The highest BCUT2D eigenvalue weighted by molar-refractivity contribution is 7.89. The largest absolute Gasteiger partial charge is 0.335 e. The van der Waals surface area contributed by atoms with E-state index in [9.17, 15) is 8.42 Å². The normalized spacial score (nSPS) is 11.9. The van der Waals surface area contributed by atoms with E-state index in [1.54, 1.807) is 11.9 Å². The van der Waals surface area contributed by atoms with Gasteiger partial charge in [-0.3, -0.25) is 0 Å². The minimum absolute atomic E-state index is 0.889. The van der Waals surface area contributed by atoms with E-state index in [1.807, 2.05) is 30.3 Å². The van der Waals surface area contributed by atoms with Crippen LogP contribution in [0.25, 0.3) is 0 Å². The third-order valence-corrected chi connectivity index (χ3v) is 2.05. The van der Waals surface area contributed by atoms with Gasteiger partial charge in [0.2, 0.25) is 0 Å². The first kappa shape index (κ1) is 10.7. The van der Waals surface area contributed by atoms with Crippen LogP contribution in [-0.2, 0) is 10.0 Å². The highest BCUT2D eigenvalue weighted by atomic mass is 32.2. The van der Waals surface area contributed by atoms with Crippen molar-refractivity contribution >= 4 is 22.0 Å². The monoisotopic (exact) mass is 212 g/mol. The third-order valence-electron chi connectivity index (χ3n) is 1.58. The molecule has 4 nitrogen and oxygen atoms in total. The summed E-state index contributed by atoms with van der Waals surface area (Å²) in [5, 5.41) is 0. The van der Waals surface area contributed by atoms with E-state index in [2.05, 4.69) is 4.40 Å². The Morgan fingerprint density at radius 3 is 2.36 bits per heavy atom. The molecule has 1 aromatic rings. The number of benzene rings is 1. The number of rotatable bonds is 3. The number of anilines is 1. The van der Waals surface area contributed by atoms with Crippen LogP contribution in [0.4, 0.5) is 5.69 Å². The van der Waals surface area contributed by atoms with E-state index in [4.69, 9.17) is 0 Å². The summed E-state index contributed by atoms with van der Waals surface area (Å²) in [6.45, 7) is 0. The topological polar surface area (TPSA) is 49.7 Å². The lowest BCUT2D eigenvalue weighted by molar-refractivity contribution is 0.604. The van der Waals surface area contributed by atoms with Gasteiger partial charge in [0, 0.05) is 12.7 Å². The fourth-order valence-corrected chi connectivity index (χ4v) is 1.20. The molecular formula is C9H12N2O2S. The first-order valence-corrected chi connectivity index (χ1v) is 5.87. The third kappa shape index (κ3) is 3.57. The summed E-state index contributed by atoms with van der Waals surface area (Å²) in [7, 11) is -1.56. The zero-order valence-corrected chi connectivity index (χ0v) is 8.90. The minimum Gasteiger partial charge on any atom is -0.335 e. The van der Waals surface area contributed by atoms with Crippen LogP contribution in [-0.4, -0.2) is 28.1 Å². The molecule has 76 valence electrons. The molecule has 0 aliphatic heterocycles. The van der Waals surface area contributed by atoms with Crippen molar-refractivity contribution in [2.75, 3.05) is 18.2 Å². The molecule has 14 heavy (non-hydrogen) atoms. The molecule has 0 aliphatic rings. The van der Waals surface area contributed by atoms with Gasteiger partial charge in [-0.25, -0.2) is 8.42 Å². The Balaban J connectivity index is 2.78. The van der Waals surface area contributed by atoms with E-state index < -0.39 is 10.0 Å². The second-order valence-corrected chi connectivity index (χ2v) is 4.58. The molecule has 1 aromatic carbocycles. The van der Waals surface area contributed by atoms with Crippen molar-refractivity contribution in [2.24, 2.45) is 4.40 Å². The van der Waals surface area contributed by atoms with Gasteiger partial charge >= 0.3 is 0 Å². The van der Waals surface area contributed by atoms with Crippen molar-refractivity contribution in [3.8, 4) is 0 Å². The predicted octanol–water partition coefficient (Wildman–Crippen LogP) is 1.11. The standard InChI is InChI=1S/C9H12N2O2S/c1-11(8-10-14(2,12)13)9-6-4-3-5-7-9/h3-8H,1-2H3/b10-8+. The Kier molecular flexibility index (Phi) is 3.24. The zero-order valence-electron chi connectivity index (χ0n) is 8.08. The summed E-state index contributed by atoms with van der Waals surface area (Å²) in [5.41, 5.74) is 0.889. The number of nitrogens with zero attached hydrogens (tertiary/aromatic N) is 2. The van der Waals surface area contributed by atoms with Crippen molar-refractivity contribution in [1.29, 1.82) is 0 Å². The number of para-hydroxylation sites is 1. The summed E-state index contributed by atoms with van der Waals surface area (Å²) in [6, 6.07) is 9.38. The van der Waals surface area contributed by atoms with Crippen LogP contribution in [0.2, 0.25) is 0 Å². The maximum atomic E-state index is 10.7. The smallest absolute Gasteiger partial charge is 0.251 e. The van der Waals surface area contributed by atoms with E-state index in [0.717, 1.165) is 11.9 Å². The van der Waals surface area contributed by atoms with Gasteiger partial charge in [0.15, 0.2) is 0 Å². The van der Waals surface area contributed by atoms with Crippen LogP contribution in [0.15, 0.2) is 34.7 Å². The van der Waals surface area contributed by atoms with Crippen LogP contribution < -0.4 is 4.90 Å². The summed E-state index contributed by atoms with van der Waals surface area (Å²) in [4.78, 5) is 1.64. The lowest BCUT2D eigenvalue weighted by Gasteiger charge is -2.11. The molecule has 0 bridgehead atoms. The van der Waals surface area contributed by atoms with Crippen LogP contribution in [0.5, 0.6) is 0 Å². The Hall–Kier alpha value is -1.36. The molecule has 0 saturated carbocycles. The first-order chi connectivity index (χ1) is 6.49. The second kappa shape index (κ2) is 4.23. The molecule has 0 fully saturated rings. The predicted molar refractivity (Wildman–Crippen MR) is 58.2 cm³/mol. The quantitative estimate of drug-likeness (QED) is 0.557. The van der Waals surface area contributed by atoms with Gasteiger partial charge in [0.25, 0.3) is 10.0 Å². The van der Waals surface area contributed by atoms with Crippen LogP contribution in [0.1, 0.15) is 0 Å². The molecule has 0 aromatic heterocycles. The Morgan fingerprint density at radius 1 is 1.29 bits per heavy atom. The van der Waals surface area contributed by atoms with Crippen LogP contribution in [0.3, 0.4) is 0 Å². The van der Waals surface area contributed by atoms with E-state index in [1.165, 1.54) is 6.34 Å². The first-order valence-electron chi connectivity index (χ1n) is 4.02. The zero-order chi connectivity index (χ0) is 10.6. The van der Waals surface area contributed by atoms with Gasteiger partial charge in [-0.1, -0.05) is 18.2 Å². The molecule has 0 N–H and O–H groups in total. The van der Waals surface area contributed by atoms with E-state index in [-0.39, 0.29) is 0 Å². The number of sulfonamides is 1. The highest BCUT2D eigenvalue weighted by Gasteiger charge is 1.98. The highest BCUT2D eigenvalue weighted by Crippen LogP contribution is 2.08.